The van der Waals surface area contributed by atoms with Gasteiger partial charge in [0.05, 0.1) is 168 Å². The van der Waals surface area contributed by atoms with Gasteiger partial charge in [0.2, 0.25) is 0 Å². The van der Waals surface area contributed by atoms with Crippen LogP contribution in [0.25, 0.3) is 33.8 Å². The van der Waals surface area contributed by atoms with Crippen molar-refractivity contribution in [2.24, 2.45) is 0 Å². The molecule has 0 atom stereocenters. The van der Waals surface area contributed by atoms with E-state index in [-0.39, 0.29) is 43.2 Å². The van der Waals surface area contributed by atoms with Gasteiger partial charge < -0.3 is 53.3 Å². The molecule has 2 N–H and O–H groups in total. The smallest absolute Gasteiger partial charge is 0.433 e. The molecule has 0 radical (unpaired) electrons. The topological polar surface area (TPSA) is 273 Å². The van der Waals surface area contributed by atoms with Crippen molar-refractivity contribution in [2.75, 3.05) is 57.4 Å². The average molecular weight is 1220 g/mol. The van der Waals surface area contributed by atoms with Crippen LogP contribution in [-0.4, -0.2) is 115 Å². The van der Waals surface area contributed by atoms with Crippen LogP contribution < -0.4 is 43.1 Å². The third kappa shape index (κ3) is 12.4. The number of ether oxygens (including phenoxy) is 6. The highest BCUT2D eigenvalue weighted by Gasteiger charge is 2.37. The monoisotopic (exact) mass is 1210 g/mol. The Morgan fingerprint density at radius 2 is 0.843 bits per heavy atom. The maximum Gasteiger partial charge on any atom is 0.433 e. The van der Waals surface area contributed by atoms with Crippen molar-refractivity contribution < 1.29 is 66.2 Å². The van der Waals surface area contributed by atoms with E-state index in [1.54, 1.807) is 98.5 Å². The van der Waals surface area contributed by atoms with Crippen molar-refractivity contribution in [3.8, 4) is 68.7 Å². The van der Waals surface area contributed by atoms with Gasteiger partial charge >= 0.3 is 6.18 Å². The number of anilines is 3. The molecule has 89 heavy (non-hydrogen) atoms. The van der Waals surface area contributed by atoms with E-state index in [2.05, 4.69) is 34.9 Å². The van der Waals surface area contributed by atoms with Crippen LogP contribution in [0.4, 0.5) is 30.2 Å². The Bertz CT molecular complexity index is 4200. The first-order chi connectivity index (χ1) is 42.8. The van der Waals surface area contributed by atoms with E-state index in [1.807, 2.05) is 38.1 Å². The number of aliphatic hydroxyl groups is 2. The van der Waals surface area contributed by atoms with Crippen molar-refractivity contribution in [1.29, 1.82) is 0 Å². The number of alkyl halides is 3. The number of amides is 3. The lowest BCUT2D eigenvalue weighted by Gasteiger charge is -2.15. The van der Waals surface area contributed by atoms with Crippen LogP contribution in [0.1, 0.15) is 81.8 Å². The Kier molecular flexibility index (Phi) is 17.7. The maximum absolute atomic E-state index is 13.0. The summed E-state index contributed by atoms with van der Waals surface area (Å²) in [5.41, 5.74) is 11.9. The number of aromatic nitrogens is 9. The fourth-order valence-electron chi connectivity index (χ4n) is 10.3. The Morgan fingerprint density at radius 3 is 1.17 bits per heavy atom. The molecule has 0 unspecified atom stereocenters. The van der Waals surface area contributed by atoms with Crippen LogP contribution in [0.2, 0.25) is 0 Å². The molecule has 26 heteroatoms. The highest BCUT2D eigenvalue weighted by molar-refractivity contribution is 6.12. The predicted octanol–water partition coefficient (Wildman–Crippen LogP) is 9.08. The summed E-state index contributed by atoms with van der Waals surface area (Å²) in [5, 5.41) is 18.5. The molecule has 23 nitrogen and oxygen atoms in total. The van der Waals surface area contributed by atoms with Crippen LogP contribution in [0.15, 0.2) is 110 Å². The van der Waals surface area contributed by atoms with E-state index in [0.29, 0.717) is 133 Å². The van der Waals surface area contributed by atoms with Gasteiger partial charge in [-0.2, -0.15) is 13.2 Å². The Morgan fingerprint density at radius 1 is 0.449 bits per heavy atom. The van der Waals surface area contributed by atoms with Gasteiger partial charge in [-0.15, -0.1) is 0 Å². The summed E-state index contributed by atoms with van der Waals surface area (Å²) in [5.74, 6) is 2.01. The van der Waals surface area contributed by atoms with Crippen molar-refractivity contribution in [3.05, 3.63) is 178 Å². The van der Waals surface area contributed by atoms with Gasteiger partial charge in [0.1, 0.15) is 5.69 Å². The summed E-state index contributed by atoms with van der Waals surface area (Å²) in [6.45, 7) is 6.10. The van der Waals surface area contributed by atoms with E-state index in [1.165, 1.54) is 39.4 Å². The zero-order valence-electron chi connectivity index (χ0n) is 49.5. The van der Waals surface area contributed by atoms with Gasteiger partial charge in [0.15, 0.2) is 17.2 Å². The molecule has 0 aliphatic carbocycles. The van der Waals surface area contributed by atoms with Crippen molar-refractivity contribution in [1.82, 2.24) is 44.9 Å². The van der Waals surface area contributed by atoms with Gasteiger partial charge in [0.25, 0.3) is 35.4 Å². The van der Waals surface area contributed by atoms with Crippen molar-refractivity contribution in [3.63, 3.8) is 0 Å². The minimum atomic E-state index is -4.54. The fraction of sp³-hybridized carbons (Fsp3) is 0.238. The number of fused-ring (bicyclic) bond motifs is 3. The fourth-order valence-corrected chi connectivity index (χ4v) is 10.3. The van der Waals surface area contributed by atoms with E-state index in [4.69, 9.17) is 43.5 Å². The predicted molar refractivity (Wildman–Crippen MR) is 317 cm³/mol. The van der Waals surface area contributed by atoms with Gasteiger partial charge in [-0.1, -0.05) is 0 Å². The SMILES string of the molecule is COc1cc(-c2cc(C)c3c(n2)CN(c2ccc(C(F)(F)F)nc2)C3=O)cnc1OC.COc1cc(-c2cc(C)c3c(n2)CN(c2ccc(CO)nc2)C3=O)cnc1OC.COc1cc(-c2cc(C)c3c(n2)CN(c2cncc(CO)c2)C3=O)cnc1OC. The molecule has 456 valence electrons. The number of halogens is 3. The lowest BCUT2D eigenvalue weighted by atomic mass is 10.0. The zero-order valence-corrected chi connectivity index (χ0v) is 49.5. The highest BCUT2D eigenvalue weighted by atomic mass is 19.4. The summed E-state index contributed by atoms with van der Waals surface area (Å²) in [7, 11) is 9.15. The normalized spacial score (nSPS) is 13.0. The van der Waals surface area contributed by atoms with Gasteiger partial charge in [0, 0.05) is 41.5 Å². The van der Waals surface area contributed by atoms with Crippen LogP contribution in [0, 0.1) is 20.8 Å². The number of aliphatic hydroxyl groups excluding tert-OH is 2. The number of hydrogen-bond acceptors (Lipinski definition) is 20. The maximum atomic E-state index is 13.0. The Hall–Kier alpha value is -10.7. The number of aryl methyl sites for hydroxylation is 3. The number of carbonyl (C=O) groups excluding carboxylic acids is 3. The molecular formula is C63H57F3N12O11. The molecule has 9 aromatic rings. The van der Waals surface area contributed by atoms with E-state index < -0.39 is 11.9 Å². The molecule has 3 aliphatic heterocycles. The Balaban J connectivity index is 0.000000147. The molecule has 0 fully saturated rings. The lowest BCUT2D eigenvalue weighted by Crippen LogP contribution is -2.23. The molecule has 0 spiro atoms. The molecule has 0 saturated carbocycles. The summed E-state index contributed by atoms with van der Waals surface area (Å²) in [6.07, 6.45) is 6.19. The second-order valence-corrected chi connectivity index (χ2v) is 20.2. The van der Waals surface area contributed by atoms with Crippen molar-refractivity contribution in [2.45, 2.75) is 59.8 Å². The second-order valence-electron chi connectivity index (χ2n) is 20.2. The van der Waals surface area contributed by atoms with Gasteiger partial charge in [-0.3, -0.25) is 39.3 Å². The van der Waals surface area contributed by atoms with Crippen molar-refractivity contribution >= 4 is 34.8 Å². The first-order valence-corrected chi connectivity index (χ1v) is 27.2. The zero-order chi connectivity index (χ0) is 63.4. The summed E-state index contributed by atoms with van der Waals surface area (Å²) < 4.78 is 69.8. The number of rotatable bonds is 14. The molecule has 0 saturated heterocycles. The molecule has 12 heterocycles. The Labute approximate surface area is 507 Å². The van der Waals surface area contributed by atoms with Crippen LogP contribution in [0.5, 0.6) is 34.9 Å². The number of carbonyl (C=O) groups is 3. The quantitative estimate of drug-likeness (QED) is 0.103. The third-order valence-corrected chi connectivity index (χ3v) is 14.7. The van der Waals surface area contributed by atoms with E-state index in [9.17, 15) is 32.7 Å². The highest BCUT2D eigenvalue weighted by Crippen LogP contribution is 2.39. The first-order valence-electron chi connectivity index (χ1n) is 27.2. The molecule has 0 bridgehead atoms. The lowest BCUT2D eigenvalue weighted by molar-refractivity contribution is -0.141. The minimum absolute atomic E-state index is 0.111. The largest absolute Gasteiger partial charge is 0.491 e. The van der Waals surface area contributed by atoms with Crippen LogP contribution >= 0.6 is 0 Å². The standard InChI is InChI=1S/C21H17F3N4O3.2C21H20N4O4/c1-11-6-14(12-7-16(30-2)19(31-3)26-8-12)27-15-10-28(20(29)18(11)15)13-4-5-17(25-9-13)21(22,23)24;1-12-4-16(14-6-18(28-2)20(29-3)23-8-14)24-17-10-25(21(27)19(12)17)15-5-13(11-26)7-22-9-15;1-12-6-16(13-7-18(28-2)20(29-3)23-8-13)24-17-10-25(21(27)19(12)17)15-5-4-14(11-26)22-9-15/h4-9H,10H2,1-3H3;2*4-9,26H,10-11H2,1-3H3. The molecule has 0 aromatic carbocycles. The molecular weight excluding hydrogens is 1160 g/mol. The van der Waals surface area contributed by atoms with E-state index >= 15 is 0 Å². The minimum Gasteiger partial charge on any atom is -0.491 e. The number of methoxy groups -OCH3 is 6. The summed E-state index contributed by atoms with van der Waals surface area (Å²) >= 11 is 0. The summed E-state index contributed by atoms with van der Waals surface area (Å²) in [4.78, 5) is 82.0. The number of hydrogen-bond donors (Lipinski definition) is 2. The second kappa shape index (κ2) is 25.7. The van der Waals surface area contributed by atoms with Crippen LogP contribution in [-0.2, 0) is 39.0 Å². The van der Waals surface area contributed by atoms with E-state index in [0.717, 1.165) is 34.5 Å². The molecule has 3 aliphatic rings. The first kappa shape index (κ1) is 61.4. The number of nitrogens with zero attached hydrogens (tertiary/aromatic N) is 12. The molecule has 9 aromatic heterocycles. The van der Waals surface area contributed by atoms with Gasteiger partial charge in [-0.05, 0) is 110 Å². The third-order valence-electron chi connectivity index (χ3n) is 14.7. The summed E-state index contributed by atoms with van der Waals surface area (Å²) in [6, 6.07) is 18.2. The van der Waals surface area contributed by atoms with Crippen LogP contribution in [0.3, 0.4) is 0 Å². The van der Waals surface area contributed by atoms with Gasteiger partial charge in [-0.25, -0.2) is 19.9 Å². The number of pyridine rings is 9. The molecule has 12 rings (SSSR count). The molecule has 3 amide bonds. The average Bonchev–Trinajstić information content (AvgIpc) is 2.73.